The van der Waals surface area contributed by atoms with E-state index in [1.54, 1.807) is 18.2 Å². The van der Waals surface area contributed by atoms with Gasteiger partial charge in [0.05, 0.1) is 16.8 Å². The minimum absolute atomic E-state index is 0.0739. The zero-order valence-corrected chi connectivity index (χ0v) is 14.9. The van der Waals surface area contributed by atoms with Crippen LogP contribution in [0.1, 0.15) is 22.8 Å². The number of carboxylic acid groups (broad SMARTS) is 1. The molecule has 0 unspecified atom stereocenters. The highest BCUT2D eigenvalue weighted by atomic mass is 79.9. The Labute approximate surface area is 151 Å². The normalized spacial score (nSPS) is 10.8. The Kier molecular flexibility index (Phi) is 4.55. The lowest BCUT2D eigenvalue weighted by molar-refractivity contribution is 0.0699. The van der Waals surface area contributed by atoms with E-state index in [0.717, 1.165) is 5.56 Å². The van der Waals surface area contributed by atoms with Gasteiger partial charge in [-0.1, -0.05) is 41.1 Å². The molecule has 0 amide bonds. The Morgan fingerprint density at radius 3 is 2.64 bits per heavy atom. The van der Waals surface area contributed by atoms with E-state index in [9.17, 15) is 19.8 Å². The third-order valence-corrected chi connectivity index (χ3v) is 4.47. The van der Waals surface area contributed by atoms with Gasteiger partial charge < -0.3 is 10.2 Å². The Morgan fingerprint density at radius 1 is 1.20 bits per heavy atom. The van der Waals surface area contributed by atoms with Crippen molar-refractivity contribution in [3.8, 4) is 17.0 Å². The maximum atomic E-state index is 12.0. The Bertz CT molecular complexity index is 1060. The first-order valence-electron chi connectivity index (χ1n) is 7.61. The predicted molar refractivity (Wildman–Crippen MR) is 99.2 cm³/mol. The van der Waals surface area contributed by atoms with Crippen molar-refractivity contribution in [3.05, 3.63) is 68.3 Å². The molecule has 0 saturated carbocycles. The largest absolute Gasteiger partial charge is 0.504 e. The summed E-state index contributed by atoms with van der Waals surface area (Å²) in [6, 6.07) is 11.1. The van der Waals surface area contributed by atoms with Crippen LogP contribution in [0.15, 0.2) is 51.7 Å². The molecular formula is C19H14BrNO4. The van der Waals surface area contributed by atoms with Crippen molar-refractivity contribution in [2.24, 2.45) is 0 Å². The molecule has 0 radical (unpaired) electrons. The fourth-order valence-electron chi connectivity index (χ4n) is 2.72. The van der Waals surface area contributed by atoms with Crippen LogP contribution in [-0.2, 0) is 6.42 Å². The van der Waals surface area contributed by atoms with Crippen LogP contribution < -0.4 is 5.43 Å². The summed E-state index contributed by atoms with van der Waals surface area (Å²) >= 11 is 3.29. The number of nitrogens with zero attached hydrogens (tertiary/aromatic N) is 1. The van der Waals surface area contributed by atoms with Crippen LogP contribution in [0.5, 0.6) is 5.75 Å². The van der Waals surface area contributed by atoms with Crippen molar-refractivity contribution in [1.82, 2.24) is 4.98 Å². The number of para-hydroxylation sites is 1. The molecular weight excluding hydrogens is 386 g/mol. The van der Waals surface area contributed by atoms with E-state index in [2.05, 4.69) is 20.9 Å². The number of aryl methyl sites for hydroxylation is 1. The highest BCUT2D eigenvalue weighted by molar-refractivity contribution is 9.10. The summed E-state index contributed by atoms with van der Waals surface area (Å²) in [5, 5.41) is 20.4. The van der Waals surface area contributed by atoms with Crippen molar-refractivity contribution < 1.29 is 15.0 Å². The molecule has 3 aromatic rings. The molecule has 0 saturated heterocycles. The van der Waals surface area contributed by atoms with Crippen LogP contribution in [0.25, 0.3) is 22.2 Å². The molecule has 0 bridgehead atoms. The summed E-state index contributed by atoms with van der Waals surface area (Å²) in [6.45, 7) is 1.95. The highest BCUT2D eigenvalue weighted by Crippen LogP contribution is 2.31. The van der Waals surface area contributed by atoms with Crippen LogP contribution in [0.4, 0.5) is 0 Å². The minimum Gasteiger partial charge on any atom is -0.504 e. The molecule has 5 nitrogen and oxygen atoms in total. The van der Waals surface area contributed by atoms with Gasteiger partial charge in [0.1, 0.15) is 0 Å². The summed E-state index contributed by atoms with van der Waals surface area (Å²) in [5.41, 5.74) is 1.36. The van der Waals surface area contributed by atoms with Crippen LogP contribution in [0.3, 0.4) is 0 Å². The molecule has 6 heteroatoms. The molecule has 1 aromatic heterocycles. The summed E-state index contributed by atoms with van der Waals surface area (Å²) in [4.78, 5) is 28.2. The third kappa shape index (κ3) is 3.13. The van der Waals surface area contributed by atoms with Crippen molar-refractivity contribution in [1.29, 1.82) is 0 Å². The van der Waals surface area contributed by atoms with Gasteiger partial charge in [-0.05, 0) is 36.2 Å². The molecule has 0 fully saturated rings. The van der Waals surface area contributed by atoms with Gasteiger partial charge in [0.2, 0.25) is 5.43 Å². The second kappa shape index (κ2) is 6.64. The van der Waals surface area contributed by atoms with E-state index in [0.29, 0.717) is 21.8 Å². The number of carbonyl (C=O) groups is 1. The molecule has 2 aromatic carbocycles. The number of rotatable bonds is 3. The zero-order chi connectivity index (χ0) is 18.1. The van der Waals surface area contributed by atoms with E-state index in [-0.39, 0.29) is 16.8 Å². The van der Waals surface area contributed by atoms with Crippen molar-refractivity contribution in [3.63, 3.8) is 0 Å². The molecule has 0 aliphatic rings. The lowest BCUT2D eigenvalue weighted by Crippen LogP contribution is -2.02. The fraction of sp³-hybridized carbons (Fsp3) is 0.105. The first-order valence-corrected chi connectivity index (χ1v) is 8.40. The number of fused-ring (bicyclic) bond motifs is 1. The average molecular weight is 400 g/mol. The fourth-order valence-corrected chi connectivity index (χ4v) is 3.09. The van der Waals surface area contributed by atoms with Crippen LogP contribution in [-0.4, -0.2) is 21.2 Å². The number of aromatic nitrogens is 1. The van der Waals surface area contributed by atoms with E-state index >= 15 is 0 Å². The first kappa shape index (κ1) is 17.1. The molecule has 1 heterocycles. The molecule has 2 N–H and O–H groups in total. The number of hydrogen-bond donors (Lipinski definition) is 2. The van der Waals surface area contributed by atoms with Gasteiger partial charge >= 0.3 is 5.97 Å². The second-order valence-electron chi connectivity index (χ2n) is 5.52. The van der Waals surface area contributed by atoms with Gasteiger partial charge in [0.15, 0.2) is 5.75 Å². The van der Waals surface area contributed by atoms with Gasteiger partial charge in [-0.25, -0.2) is 9.78 Å². The molecule has 3 rings (SSSR count). The van der Waals surface area contributed by atoms with Crippen molar-refractivity contribution >= 4 is 32.8 Å². The standard InChI is InChI=1S/C19H14BrNO4/c1-2-10-4-3-5-12-13(19(24)25)9-15(21-17(10)12)14-8-11(20)6-7-16(22)18(14)23/h3-9H,2H2,1H3,(H,22,23)(H,24,25). The second-order valence-corrected chi connectivity index (χ2v) is 6.43. The number of hydrogen-bond acceptors (Lipinski definition) is 4. The maximum Gasteiger partial charge on any atom is 0.336 e. The number of pyridine rings is 1. The summed E-state index contributed by atoms with van der Waals surface area (Å²) < 4.78 is 0.572. The Morgan fingerprint density at radius 2 is 1.96 bits per heavy atom. The number of aromatic carboxylic acids is 1. The third-order valence-electron chi connectivity index (χ3n) is 3.97. The van der Waals surface area contributed by atoms with E-state index in [1.807, 2.05) is 13.0 Å². The number of benzene rings is 1. The van der Waals surface area contributed by atoms with Crippen LogP contribution in [0, 0.1) is 0 Å². The summed E-state index contributed by atoms with van der Waals surface area (Å²) in [7, 11) is 0. The quantitative estimate of drug-likeness (QED) is 0.694. The van der Waals surface area contributed by atoms with Gasteiger partial charge in [0, 0.05) is 15.4 Å². The van der Waals surface area contributed by atoms with Gasteiger partial charge in [-0.2, -0.15) is 0 Å². The number of aromatic hydroxyl groups is 1. The SMILES string of the molecule is CCc1cccc2c(C(=O)O)cc(-c3cc(Br)ccc(=O)c3O)nc12. The number of halogens is 1. The smallest absolute Gasteiger partial charge is 0.336 e. The van der Waals surface area contributed by atoms with Gasteiger partial charge in [-0.3, -0.25) is 4.79 Å². The zero-order valence-electron chi connectivity index (χ0n) is 13.3. The van der Waals surface area contributed by atoms with Gasteiger partial charge in [-0.15, -0.1) is 0 Å². The molecule has 0 aliphatic heterocycles. The Balaban J connectivity index is 2.45. The topological polar surface area (TPSA) is 87.5 Å². The molecule has 0 spiro atoms. The summed E-state index contributed by atoms with van der Waals surface area (Å²) in [6.07, 6.45) is 0.678. The monoisotopic (exact) mass is 399 g/mol. The Hall–Kier alpha value is -2.73. The highest BCUT2D eigenvalue weighted by Gasteiger charge is 2.17. The van der Waals surface area contributed by atoms with E-state index in [4.69, 9.17) is 0 Å². The van der Waals surface area contributed by atoms with E-state index < -0.39 is 17.1 Å². The predicted octanol–water partition coefficient (Wildman–Crippen LogP) is 3.99. The van der Waals surface area contributed by atoms with Gasteiger partial charge in [0.25, 0.3) is 0 Å². The molecule has 0 atom stereocenters. The molecule has 126 valence electrons. The lowest BCUT2D eigenvalue weighted by Gasteiger charge is -2.10. The first-order chi connectivity index (χ1) is 11.9. The average Bonchev–Trinajstić information content (AvgIpc) is 2.73. The van der Waals surface area contributed by atoms with E-state index in [1.165, 1.54) is 18.2 Å². The van der Waals surface area contributed by atoms with Crippen molar-refractivity contribution in [2.45, 2.75) is 13.3 Å². The van der Waals surface area contributed by atoms with Crippen LogP contribution in [0.2, 0.25) is 0 Å². The lowest BCUT2D eigenvalue weighted by atomic mass is 10.0. The van der Waals surface area contributed by atoms with Crippen LogP contribution >= 0.6 is 15.9 Å². The molecule has 25 heavy (non-hydrogen) atoms. The number of carboxylic acids is 1. The maximum absolute atomic E-state index is 12.0. The van der Waals surface area contributed by atoms with Crippen molar-refractivity contribution in [2.75, 3.05) is 0 Å². The minimum atomic E-state index is -1.09. The summed E-state index contributed by atoms with van der Waals surface area (Å²) in [5.74, 6) is -1.56. The molecule has 0 aliphatic carbocycles.